The van der Waals surface area contributed by atoms with E-state index in [9.17, 15) is 4.79 Å². The third-order valence-corrected chi connectivity index (χ3v) is 4.23. The number of halogens is 1. The number of amides is 1. The molecule has 0 atom stereocenters. The predicted molar refractivity (Wildman–Crippen MR) is 83.3 cm³/mol. The van der Waals surface area contributed by atoms with Crippen LogP contribution in [0, 0.1) is 0 Å². The highest BCUT2D eigenvalue weighted by Gasteiger charge is 2.09. The van der Waals surface area contributed by atoms with Crippen molar-refractivity contribution in [1.82, 2.24) is 4.90 Å². The van der Waals surface area contributed by atoms with Crippen molar-refractivity contribution >= 4 is 33.2 Å². The summed E-state index contributed by atoms with van der Waals surface area (Å²) in [5, 5.41) is 4.15. The van der Waals surface area contributed by atoms with E-state index in [2.05, 4.69) is 27.4 Å². The topological polar surface area (TPSA) is 20.3 Å². The summed E-state index contributed by atoms with van der Waals surface area (Å²) in [5.74, 6) is 0.189. The molecule has 0 radical (unpaired) electrons. The summed E-state index contributed by atoms with van der Waals surface area (Å²) in [6.45, 7) is 0.662. The van der Waals surface area contributed by atoms with Crippen LogP contribution in [0.4, 0.5) is 0 Å². The normalized spacial score (nSPS) is 10.4. The van der Waals surface area contributed by atoms with Gasteiger partial charge in [-0.25, -0.2) is 0 Å². The Morgan fingerprint density at radius 3 is 2.58 bits per heavy atom. The zero-order valence-corrected chi connectivity index (χ0v) is 13.2. The first-order chi connectivity index (χ1) is 9.15. The Morgan fingerprint density at radius 1 is 1.21 bits per heavy atom. The fraction of sp³-hybridized carbons (Fsp3) is 0.267. The number of nitrogens with zero attached hydrogens (tertiary/aromatic N) is 1. The molecule has 0 aliphatic heterocycles. The lowest BCUT2D eigenvalue weighted by Crippen LogP contribution is -2.26. The maximum atomic E-state index is 12.0. The molecule has 4 heteroatoms. The maximum Gasteiger partial charge on any atom is 0.222 e. The minimum Gasteiger partial charge on any atom is -0.341 e. The Labute approximate surface area is 126 Å². The first-order valence-electron chi connectivity index (χ1n) is 6.14. The van der Waals surface area contributed by atoms with E-state index in [1.165, 1.54) is 5.56 Å². The van der Waals surface area contributed by atoms with Gasteiger partial charge in [0.15, 0.2) is 0 Å². The van der Waals surface area contributed by atoms with E-state index in [4.69, 9.17) is 0 Å². The molecule has 2 rings (SSSR count). The van der Waals surface area contributed by atoms with Crippen LogP contribution in [-0.4, -0.2) is 17.9 Å². The number of aryl methyl sites for hydroxylation is 1. The fourth-order valence-electron chi connectivity index (χ4n) is 1.83. The van der Waals surface area contributed by atoms with E-state index >= 15 is 0 Å². The SMILES string of the molecule is CN(Cc1ccc(Br)cc1)C(=O)CCc1ccsc1. The second-order valence-corrected chi connectivity index (χ2v) is 6.20. The molecule has 100 valence electrons. The van der Waals surface area contributed by atoms with Crippen LogP contribution in [0.5, 0.6) is 0 Å². The molecule has 0 aliphatic carbocycles. The summed E-state index contributed by atoms with van der Waals surface area (Å²) < 4.78 is 1.06. The van der Waals surface area contributed by atoms with E-state index in [1.807, 2.05) is 36.7 Å². The van der Waals surface area contributed by atoms with Gasteiger partial charge in [-0.1, -0.05) is 28.1 Å². The molecule has 1 aromatic carbocycles. The second-order valence-electron chi connectivity index (χ2n) is 4.51. The molecular weight excluding hydrogens is 322 g/mol. The van der Waals surface area contributed by atoms with Crippen molar-refractivity contribution in [2.24, 2.45) is 0 Å². The molecule has 1 amide bonds. The summed E-state index contributed by atoms with van der Waals surface area (Å²) in [6, 6.07) is 10.1. The average molecular weight is 338 g/mol. The molecular formula is C15H16BrNOS. The molecule has 0 aliphatic rings. The molecule has 1 heterocycles. The van der Waals surface area contributed by atoms with Crippen molar-refractivity contribution < 1.29 is 4.79 Å². The fourth-order valence-corrected chi connectivity index (χ4v) is 2.80. The third-order valence-electron chi connectivity index (χ3n) is 2.97. The highest BCUT2D eigenvalue weighted by Crippen LogP contribution is 2.13. The summed E-state index contributed by atoms with van der Waals surface area (Å²) in [6.07, 6.45) is 1.40. The van der Waals surface area contributed by atoms with Gasteiger partial charge in [-0.05, 0) is 46.5 Å². The zero-order chi connectivity index (χ0) is 13.7. The van der Waals surface area contributed by atoms with Crippen LogP contribution in [0.15, 0.2) is 45.6 Å². The number of benzene rings is 1. The number of thiophene rings is 1. The number of carbonyl (C=O) groups excluding carboxylic acids is 1. The lowest BCUT2D eigenvalue weighted by Gasteiger charge is -2.17. The molecule has 0 N–H and O–H groups in total. The van der Waals surface area contributed by atoms with Crippen molar-refractivity contribution in [3.63, 3.8) is 0 Å². The van der Waals surface area contributed by atoms with Gasteiger partial charge < -0.3 is 4.90 Å². The van der Waals surface area contributed by atoms with E-state index < -0.39 is 0 Å². The second kappa shape index (κ2) is 6.87. The van der Waals surface area contributed by atoms with Crippen LogP contribution in [0.1, 0.15) is 17.5 Å². The van der Waals surface area contributed by atoms with E-state index in [1.54, 1.807) is 16.2 Å². The highest BCUT2D eigenvalue weighted by molar-refractivity contribution is 9.10. The summed E-state index contributed by atoms with van der Waals surface area (Å²) in [7, 11) is 1.86. The van der Waals surface area contributed by atoms with Crippen LogP contribution >= 0.6 is 27.3 Å². The lowest BCUT2D eigenvalue weighted by atomic mass is 10.1. The minimum absolute atomic E-state index is 0.189. The van der Waals surface area contributed by atoms with Crippen LogP contribution in [0.2, 0.25) is 0 Å². The molecule has 2 nitrogen and oxygen atoms in total. The monoisotopic (exact) mass is 337 g/mol. The third kappa shape index (κ3) is 4.48. The van der Waals surface area contributed by atoms with E-state index in [0.29, 0.717) is 13.0 Å². The van der Waals surface area contributed by atoms with Crippen molar-refractivity contribution in [3.05, 3.63) is 56.7 Å². The zero-order valence-electron chi connectivity index (χ0n) is 10.8. The number of hydrogen-bond acceptors (Lipinski definition) is 2. The van der Waals surface area contributed by atoms with Crippen molar-refractivity contribution in [2.75, 3.05) is 7.05 Å². The number of carbonyl (C=O) groups is 1. The van der Waals surface area contributed by atoms with Gasteiger partial charge in [0, 0.05) is 24.5 Å². The van der Waals surface area contributed by atoms with Crippen LogP contribution in [0.3, 0.4) is 0 Å². The molecule has 0 saturated heterocycles. The van der Waals surface area contributed by atoms with E-state index in [-0.39, 0.29) is 5.91 Å². The summed E-state index contributed by atoms with van der Waals surface area (Å²) in [4.78, 5) is 13.8. The van der Waals surface area contributed by atoms with Gasteiger partial charge in [0.25, 0.3) is 0 Å². The smallest absolute Gasteiger partial charge is 0.222 e. The Bertz CT molecular complexity index is 522. The van der Waals surface area contributed by atoms with Gasteiger partial charge in [0.2, 0.25) is 5.91 Å². The predicted octanol–water partition coefficient (Wildman–Crippen LogP) is 4.10. The van der Waals surface area contributed by atoms with Crippen LogP contribution < -0.4 is 0 Å². The van der Waals surface area contributed by atoms with Gasteiger partial charge >= 0.3 is 0 Å². The van der Waals surface area contributed by atoms with Crippen molar-refractivity contribution in [1.29, 1.82) is 0 Å². The van der Waals surface area contributed by atoms with Crippen LogP contribution in [-0.2, 0) is 17.8 Å². The Hall–Kier alpha value is -1.13. The molecule has 0 saturated carbocycles. The average Bonchev–Trinajstić information content (AvgIpc) is 2.91. The van der Waals surface area contributed by atoms with Gasteiger partial charge in [0.05, 0.1) is 0 Å². The standard InChI is InChI=1S/C15H16BrNOS/c1-17(10-12-2-5-14(16)6-3-12)15(18)7-4-13-8-9-19-11-13/h2-3,5-6,8-9,11H,4,7,10H2,1H3. The van der Waals surface area contributed by atoms with Gasteiger partial charge in [0.1, 0.15) is 0 Å². The van der Waals surface area contributed by atoms with Gasteiger partial charge in [-0.3, -0.25) is 4.79 Å². The molecule has 2 aromatic rings. The molecule has 0 spiro atoms. The largest absolute Gasteiger partial charge is 0.341 e. The summed E-state index contributed by atoms with van der Waals surface area (Å²) >= 11 is 5.08. The first-order valence-corrected chi connectivity index (χ1v) is 7.88. The molecule has 19 heavy (non-hydrogen) atoms. The Morgan fingerprint density at radius 2 is 1.95 bits per heavy atom. The van der Waals surface area contributed by atoms with E-state index in [0.717, 1.165) is 16.5 Å². The van der Waals surface area contributed by atoms with Gasteiger partial charge in [-0.2, -0.15) is 11.3 Å². The molecule has 0 bridgehead atoms. The molecule has 1 aromatic heterocycles. The summed E-state index contributed by atoms with van der Waals surface area (Å²) in [5.41, 5.74) is 2.39. The first kappa shape index (κ1) is 14.3. The lowest BCUT2D eigenvalue weighted by molar-refractivity contribution is -0.130. The number of rotatable bonds is 5. The molecule has 0 fully saturated rings. The maximum absolute atomic E-state index is 12.0. The quantitative estimate of drug-likeness (QED) is 0.804. The highest BCUT2D eigenvalue weighted by atomic mass is 79.9. The Kier molecular flexibility index (Phi) is 5.16. The Balaban J connectivity index is 1.83. The van der Waals surface area contributed by atoms with Crippen molar-refractivity contribution in [3.8, 4) is 0 Å². The molecule has 0 unspecified atom stereocenters. The minimum atomic E-state index is 0.189. The van der Waals surface area contributed by atoms with Gasteiger partial charge in [-0.15, -0.1) is 0 Å². The van der Waals surface area contributed by atoms with Crippen LogP contribution in [0.25, 0.3) is 0 Å². The van der Waals surface area contributed by atoms with Crippen molar-refractivity contribution in [2.45, 2.75) is 19.4 Å². The number of hydrogen-bond donors (Lipinski definition) is 0.